The largest absolute Gasteiger partial charge is 0.372 e. The first-order chi connectivity index (χ1) is 10.2. The minimum absolute atomic E-state index is 0.0682. The van der Waals surface area contributed by atoms with Gasteiger partial charge in [0.05, 0.1) is 0 Å². The van der Waals surface area contributed by atoms with Crippen molar-refractivity contribution in [2.45, 2.75) is 12.8 Å². The van der Waals surface area contributed by atoms with Crippen molar-refractivity contribution >= 4 is 17.3 Å². The van der Waals surface area contributed by atoms with Crippen molar-refractivity contribution in [1.82, 2.24) is 4.98 Å². The van der Waals surface area contributed by atoms with Gasteiger partial charge in [0.15, 0.2) is 0 Å². The van der Waals surface area contributed by atoms with Crippen LogP contribution in [0.3, 0.4) is 0 Å². The van der Waals surface area contributed by atoms with Gasteiger partial charge in [0.25, 0.3) is 5.91 Å². The van der Waals surface area contributed by atoms with E-state index in [-0.39, 0.29) is 5.69 Å². The zero-order valence-corrected chi connectivity index (χ0v) is 11.6. The molecule has 0 unspecified atom stereocenters. The van der Waals surface area contributed by atoms with Crippen LogP contribution in [0.15, 0.2) is 42.5 Å². The summed E-state index contributed by atoms with van der Waals surface area (Å²) in [6.07, 6.45) is 2.45. The Kier molecular flexibility index (Phi) is 3.81. The number of hydrogen-bond donors (Lipinski definition) is 1. The molecular formula is C16H16FN3O. The molecule has 1 N–H and O–H groups in total. The van der Waals surface area contributed by atoms with Crippen LogP contribution >= 0.6 is 0 Å². The lowest BCUT2D eigenvalue weighted by Crippen LogP contribution is -2.17. The van der Waals surface area contributed by atoms with Gasteiger partial charge >= 0.3 is 0 Å². The number of nitrogens with zero attached hydrogens (tertiary/aromatic N) is 2. The highest BCUT2D eigenvalue weighted by Gasteiger charge is 2.12. The number of carbonyl (C=O) groups is 1. The van der Waals surface area contributed by atoms with Gasteiger partial charge in [-0.15, -0.1) is 0 Å². The minimum atomic E-state index is -0.660. The molecule has 1 fully saturated rings. The van der Waals surface area contributed by atoms with E-state index in [4.69, 9.17) is 0 Å². The molecule has 1 aromatic heterocycles. The summed E-state index contributed by atoms with van der Waals surface area (Å²) in [6.45, 7) is 2.16. The number of pyridine rings is 1. The topological polar surface area (TPSA) is 45.2 Å². The lowest BCUT2D eigenvalue weighted by atomic mass is 10.2. The van der Waals surface area contributed by atoms with Crippen molar-refractivity contribution in [1.29, 1.82) is 0 Å². The van der Waals surface area contributed by atoms with Crippen molar-refractivity contribution in [3.63, 3.8) is 0 Å². The fraction of sp³-hybridized carbons (Fsp3) is 0.250. The van der Waals surface area contributed by atoms with E-state index in [1.54, 1.807) is 0 Å². The Morgan fingerprint density at radius 2 is 1.81 bits per heavy atom. The molecule has 0 bridgehead atoms. The molecule has 1 amide bonds. The van der Waals surface area contributed by atoms with Crippen LogP contribution in [0.5, 0.6) is 0 Å². The molecular weight excluding hydrogens is 269 g/mol. The number of carbonyl (C=O) groups excluding carboxylic acids is 1. The summed E-state index contributed by atoms with van der Waals surface area (Å²) in [5, 5.41) is 2.72. The van der Waals surface area contributed by atoms with Gasteiger partial charge < -0.3 is 10.2 Å². The minimum Gasteiger partial charge on any atom is -0.372 e. The summed E-state index contributed by atoms with van der Waals surface area (Å²) >= 11 is 0. The quantitative estimate of drug-likeness (QED) is 0.881. The maximum Gasteiger partial charge on any atom is 0.274 e. The van der Waals surface area contributed by atoms with Crippen LogP contribution in [0.1, 0.15) is 23.3 Å². The SMILES string of the molecule is O=C(Nc1ccc(N2CCCC2)cc1)c1cccc(F)n1. The van der Waals surface area contributed by atoms with Gasteiger partial charge in [-0.25, -0.2) is 4.98 Å². The summed E-state index contributed by atoms with van der Waals surface area (Å²) < 4.78 is 13.0. The van der Waals surface area contributed by atoms with E-state index in [0.717, 1.165) is 18.8 Å². The smallest absolute Gasteiger partial charge is 0.274 e. The first-order valence-corrected chi connectivity index (χ1v) is 7.01. The number of anilines is 2. The third-order valence-electron chi connectivity index (χ3n) is 3.54. The summed E-state index contributed by atoms with van der Waals surface area (Å²) in [5.41, 5.74) is 1.90. The predicted molar refractivity (Wildman–Crippen MR) is 80.0 cm³/mol. The third-order valence-corrected chi connectivity index (χ3v) is 3.54. The number of rotatable bonds is 3. The highest BCUT2D eigenvalue weighted by Crippen LogP contribution is 2.22. The van der Waals surface area contributed by atoms with Crippen LogP contribution in [0.2, 0.25) is 0 Å². The Bertz CT molecular complexity index is 636. The van der Waals surface area contributed by atoms with Gasteiger partial charge in [0.2, 0.25) is 5.95 Å². The molecule has 21 heavy (non-hydrogen) atoms. The zero-order chi connectivity index (χ0) is 14.7. The third kappa shape index (κ3) is 3.18. The van der Waals surface area contributed by atoms with Gasteiger partial charge in [-0.3, -0.25) is 4.79 Å². The van der Waals surface area contributed by atoms with E-state index in [9.17, 15) is 9.18 Å². The maximum atomic E-state index is 13.0. The number of nitrogens with one attached hydrogen (secondary N) is 1. The van der Waals surface area contributed by atoms with Gasteiger partial charge in [0.1, 0.15) is 5.69 Å². The van der Waals surface area contributed by atoms with Crippen molar-refractivity contribution < 1.29 is 9.18 Å². The molecule has 0 radical (unpaired) electrons. The number of hydrogen-bond acceptors (Lipinski definition) is 3. The molecule has 0 spiro atoms. The van der Waals surface area contributed by atoms with Crippen molar-refractivity contribution in [3.05, 3.63) is 54.1 Å². The second-order valence-corrected chi connectivity index (χ2v) is 5.04. The van der Waals surface area contributed by atoms with Crippen molar-refractivity contribution in [2.75, 3.05) is 23.3 Å². The average molecular weight is 285 g/mol. The Balaban J connectivity index is 1.68. The molecule has 1 aliphatic rings. The van der Waals surface area contributed by atoms with Crippen LogP contribution in [-0.4, -0.2) is 24.0 Å². The molecule has 2 heterocycles. The van der Waals surface area contributed by atoms with Crippen molar-refractivity contribution in [3.8, 4) is 0 Å². The lowest BCUT2D eigenvalue weighted by molar-refractivity contribution is 0.102. The zero-order valence-electron chi connectivity index (χ0n) is 11.6. The van der Waals surface area contributed by atoms with Crippen molar-refractivity contribution in [2.24, 2.45) is 0 Å². The molecule has 3 rings (SSSR count). The molecule has 2 aromatic rings. The molecule has 0 saturated carbocycles. The Labute approximate surface area is 122 Å². The highest BCUT2D eigenvalue weighted by atomic mass is 19.1. The van der Waals surface area contributed by atoms with Crippen LogP contribution in [0.25, 0.3) is 0 Å². The molecule has 1 aliphatic heterocycles. The monoisotopic (exact) mass is 285 g/mol. The van der Waals surface area contributed by atoms with E-state index in [2.05, 4.69) is 15.2 Å². The molecule has 1 aromatic carbocycles. The normalized spacial score (nSPS) is 14.2. The fourth-order valence-electron chi connectivity index (χ4n) is 2.46. The summed E-state index contributed by atoms with van der Waals surface area (Å²) in [4.78, 5) is 17.8. The first kappa shape index (κ1) is 13.5. The number of aromatic nitrogens is 1. The van der Waals surface area contributed by atoms with E-state index < -0.39 is 11.9 Å². The Hall–Kier alpha value is -2.43. The van der Waals surface area contributed by atoms with E-state index in [0.29, 0.717) is 5.69 Å². The van der Waals surface area contributed by atoms with Crippen LogP contribution in [-0.2, 0) is 0 Å². The predicted octanol–water partition coefficient (Wildman–Crippen LogP) is 3.07. The standard InChI is InChI=1S/C16H16FN3O/c17-15-5-3-4-14(19-15)16(21)18-12-6-8-13(9-7-12)20-10-1-2-11-20/h3-9H,1-2,10-11H2,(H,18,21). The molecule has 0 aliphatic carbocycles. The number of halogens is 1. The summed E-state index contributed by atoms with van der Waals surface area (Å²) in [7, 11) is 0. The second-order valence-electron chi connectivity index (χ2n) is 5.04. The van der Waals surface area contributed by atoms with Gasteiger partial charge in [-0.2, -0.15) is 4.39 Å². The molecule has 108 valence electrons. The number of amides is 1. The average Bonchev–Trinajstić information content (AvgIpc) is 3.02. The Morgan fingerprint density at radius 3 is 2.48 bits per heavy atom. The lowest BCUT2D eigenvalue weighted by Gasteiger charge is -2.17. The van der Waals surface area contributed by atoms with E-state index in [1.807, 2.05) is 24.3 Å². The summed E-state index contributed by atoms with van der Waals surface area (Å²) in [6, 6.07) is 11.8. The van der Waals surface area contributed by atoms with E-state index >= 15 is 0 Å². The van der Waals surface area contributed by atoms with Gasteiger partial charge in [-0.05, 0) is 49.2 Å². The van der Waals surface area contributed by atoms with Crippen LogP contribution < -0.4 is 10.2 Å². The van der Waals surface area contributed by atoms with Crippen LogP contribution in [0, 0.1) is 5.95 Å². The second kappa shape index (κ2) is 5.91. The first-order valence-electron chi connectivity index (χ1n) is 7.01. The number of benzene rings is 1. The fourth-order valence-corrected chi connectivity index (χ4v) is 2.46. The molecule has 1 saturated heterocycles. The Morgan fingerprint density at radius 1 is 1.10 bits per heavy atom. The summed E-state index contributed by atoms with van der Waals surface area (Å²) in [5.74, 6) is -1.07. The van der Waals surface area contributed by atoms with Crippen LogP contribution in [0.4, 0.5) is 15.8 Å². The van der Waals surface area contributed by atoms with Gasteiger partial charge in [0, 0.05) is 24.5 Å². The highest BCUT2D eigenvalue weighted by molar-refractivity contribution is 6.02. The molecule has 0 atom stereocenters. The molecule has 4 nitrogen and oxygen atoms in total. The molecule has 5 heteroatoms. The maximum absolute atomic E-state index is 13.0. The van der Waals surface area contributed by atoms with E-state index in [1.165, 1.54) is 31.0 Å². The van der Waals surface area contributed by atoms with Gasteiger partial charge in [-0.1, -0.05) is 6.07 Å².